The molecule has 0 spiro atoms. The number of aliphatic hydroxyl groups is 1. The molecule has 1 nitrogen and oxygen atoms in total. The van der Waals surface area contributed by atoms with Crippen molar-refractivity contribution in [3.63, 3.8) is 0 Å². The Morgan fingerprint density at radius 2 is 0.812 bits per heavy atom. The van der Waals surface area contributed by atoms with Crippen LogP contribution >= 0.6 is 7.26 Å². The SMILES string of the molecule is CC(C)c1ccc([P+](CCCO)(c2ccc(C(C)C)cc2)c2ccc(C(C)C)cc2)cc1. The molecule has 3 rings (SSSR count). The van der Waals surface area contributed by atoms with Crippen molar-refractivity contribution in [1.82, 2.24) is 0 Å². The van der Waals surface area contributed by atoms with E-state index >= 15 is 0 Å². The van der Waals surface area contributed by atoms with Gasteiger partial charge in [-0.1, -0.05) is 77.9 Å². The summed E-state index contributed by atoms with van der Waals surface area (Å²) < 4.78 is 0. The van der Waals surface area contributed by atoms with Crippen molar-refractivity contribution < 1.29 is 5.11 Å². The molecule has 0 saturated heterocycles. The smallest absolute Gasteiger partial charge is 0.112 e. The molecule has 0 aliphatic carbocycles. The standard InChI is InChI=1S/C30H40OP/c1-22(2)25-8-14-28(15-9-25)32(21-7-20-31,29-16-10-26(11-17-29)23(3)4)30-18-12-27(13-19-30)24(5)6/h8-19,22-24,31H,7,20-21H2,1-6H3/q+1. The van der Waals surface area contributed by atoms with Crippen LogP contribution in [0.5, 0.6) is 0 Å². The first-order valence-electron chi connectivity index (χ1n) is 12.1. The van der Waals surface area contributed by atoms with Gasteiger partial charge in [-0.15, -0.1) is 0 Å². The van der Waals surface area contributed by atoms with Gasteiger partial charge < -0.3 is 5.11 Å². The molecule has 3 aromatic carbocycles. The summed E-state index contributed by atoms with van der Waals surface area (Å²) in [5.41, 5.74) is 4.12. The van der Waals surface area contributed by atoms with E-state index in [0.29, 0.717) is 17.8 Å². The van der Waals surface area contributed by atoms with Crippen LogP contribution in [0.3, 0.4) is 0 Å². The second-order valence-corrected chi connectivity index (χ2v) is 13.5. The molecular weight excluding hydrogens is 407 g/mol. The van der Waals surface area contributed by atoms with Crippen LogP contribution in [-0.2, 0) is 0 Å². The van der Waals surface area contributed by atoms with E-state index in [0.717, 1.165) is 12.6 Å². The van der Waals surface area contributed by atoms with E-state index in [1.54, 1.807) is 0 Å². The van der Waals surface area contributed by atoms with Crippen molar-refractivity contribution >= 4 is 23.2 Å². The highest BCUT2D eigenvalue weighted by atomic mass is 31.2. The van der Waals surface area contributed by atoms with Crippen LogP contribution < -0.4 is 15.9 Å². The molecule has 0 heterocycles. The molecule has 0 fully saturated rings. The van der Waals surface area contributed by atoms with Gasteiger partial charge in [-0.25, -0.2) is 0 Å². The van der Waals surface area contributed by atoms with E-state index in [2.05, 4.69) is 114 Å². The fraction of sp³-hybridized carbons (Fsp3) is 0.400. The second kappa shape index (κ2) is 10.8. The van der Waals surface area contributed by atoms with Crippen LogP contribution in [-0.4, -0.2) is 17.9 Å². The van der Waals surface area contributed by atoms with Crippen molar-refractivity contribution in [3.8, 4) is 0 Å². The predicted molar refractivity (Wildman–Crippen MR) is 144 cm³/mol. The Balaban J connectivity index is 2.24. The van der Waals surface area contributed by atoms with Crippen molar-refractivity contribution in [3.05, 3.63) is 89.5 Å². The van der Waals surface area contributed by atoms with Crippen LogP contribution in [0, 0.1) is 0 Å². The van der Waals surface area contributed by atoms with Crippen LogP contribution in [0.1, 0.15) is 82.4 Å². The molecule has 32 heavy (non-hydrogen) atoms. The topological polar surface area (TPSA) is 20.2 Å². The normalized spacial score (nSPS) is 12.2. The molecule has 0 aliphatic rings. The number of hydrogen-bond donors (Lipinski definition) is 1. The zero-order valence-corrected chi connectivity index (χ0v) is 21.6. The molecule has 0 amide bonds. The Morgan fingerprint density at radius 3 is 1.03 bits per heavy atom. The van der Waals surface area contributed by atoms with E-state index in [9.17, 15) is 5.11 Å². The predicted octanol–water partition coefficient (Wildman–Crippen LogP) is 6.73. The molecule has 170 valence electrons. The fourth-order valence-electron chi connectivity index (χ4n) is 4.48. The second-order valence-electron chi connectivity index (χ2n) is 9.85. The molecule has 0 bridgehead atoms. The average Bonchev–Trinajstić information content (AvgIpc) is 2.80. The summed E-state index contributed by atoms with van der Waals surface area (Å²) in [7, 11) is -1.88. The molecule has 0 saturated carbocycles. The zero-order chi connectivity index (χ0) is 23.3. The lowest BCUT2D eigenvalue weighted by Crippen LogP contribution is -2.34. The van der Waals surface area contributed by atoms with Crippen molar-refractivity contribution in [1.29, 1.82) is 0 Å². The summed E-state index contributed by atoms with van der Waals surface area (Å²) in [5.74, 6) is 1.56. The van der Waals surface area contributed by atoms with Gasteiger partial charge in [0.1, 0.15) is 23.2 Å². The number of rotatable bonds is 9. The highest BCUT2D eigenvalue weighted by molar-refractivity contribution is 7.95. The molecule has 3 aromatic rings. The Kier molecular flexibility index (Phi) is 8.32. The monoisotopic (exact) mass is 447 g/mol. The maximum absolute atomic E-state index is 9.84. The summed E-state index contributed by atoms with van der Waals surface area (Å²) in [6.45, 7) is 13.7. The van der Waals surface area contributed by atoms with Crippen molar-refractivity contribution in [2.75, 3.05) is 12.8 Å². The minimum absolute atomic E-state index is 0.222. The molecule has 0 atom stereocenters. The highest BCUT2D eigenvalue weighted by Crippen LogP contribution is 2.56. The molecule has 0 radical (unpaired) electrons. The van der Waals surface area contributed by atoms with Gasteiger partial charge in [-0.05, 0) is 70.8 Å². The van der Waals surface area contributed by atoms with Gasteiger partial charge in [0.2, 0.25) is 0 Å². The third-order valence-corrected chi connectivity index (χ3v) is 11.2. The first-order valence-corrected chi connectivity index (χ1v) is 14.1. The summed E-state index contributed by atoms with van der Waals surface area (Å²) in [5, 5.41) is 14.1. The average molecular weight is 448 g/mol. The first-order chi connectivity index (χ1) is 15.3. The Bertz CT molecular complexity index is 842. The van der Waals surface area contributed by atoms with Crippen LogP contribution in [0.15, 0.2) is 72.8 Å². The van der Waals surface area contributed by atoms with E-state index < -0.39 is 7.26 Å². The van der Waals surface area contributed by atoms with E-state index in [-0.39, 0.29) is 6.61 Å². The van der Waals surface area contributed by atoms with Crippen LogP contribution in [0.4, 0.5) is 0 Å². The summed E-state index contributed by atoms with van der Waals surface area (Å²) in [4.78, 5) is 0. The summed E-state index contributed by atoms with van der Waals surface area (Å²) >= 11 is 0. The van der Waals surface area contributed by atoms with E-state index in [1.165, 1.54) is 32.6 Å². The lowest BCUT2D eigenvalue weighted by molar-refractivity contribution is 0.296. The lowest BCUT2D eigenvalue weighted by atomic mass is 10.0. The first kappa shape index (κ1) is 24.7. The van der Waals surface area contributed by atoms with Gasteiger partial charge in [0.05, 0.1) is 6.16 Å². The van der Waals surface area contributed by atoms with Gasteiger partial charge in [-0.2, -0.15) is 0 Å². The molecule has 0 aromatic heterocycles. The van der Waals surface area contributed by atoms with Gasteiger partial charge in [0.15, 0.2) is 0 Å². The zero-order valence-electron chi connectivity index (χ0n) is 20.7. The number of aliphatic hydroxyl groups excluding tert-OH is 1. The van der Waals surface area contributed by atoms with E-state index in [4.69, 9.17) is 0 Å². The molecule has 0 aliphatic heterocycles. The minimum atomic E-state index is -1.88. The number of hydrogen-bond acceptors (Lipinski definition) is 1. The largest absolute Gasteiger partial charge is 0.396 e. The van der Waals surface area contributed by atoms with Gasteiger partial charge in [-0.3, -0.25) is 0 Å². The Labute approximate surface area is 196 Å². The minimum Gasteiger partial charge on any atom is -0.396 e. The van der Waals surface area contributed by atoms with Gasteiger partial charge in [0.25, 0.3) is 0 Å². The van der Waals surface area contributed by atoms with Crippen molar-refractivity contribution in [2.24, 2.45) is 0 Å². The third-order valence-electron chi connectivity index (χ3n) is 6.65. The Hall–Kier alpha value is -1.95. The highest BCUT2D eigenvalue weighted by Gasteiger charge is 2.44. The lowest BCUT2D eigenvalue weighted by Gasteiger charge is -2.28. The van der Waals surface area contributed by atoms with Crippen molar-refractivity contribution in [2.45, 2.75) is 65.7 Å². The molecule has 1 N–H and O–H groups in total. The van der Waals surface area contributed by atoms with Gasteiger partial charge in [0, 0.05) is 13.0 Å². The quantitative estimate of drug-likeness (QED) is 0.361. The fourth-order valence-corrected chi connectivity index (χ4v) is 8.74. The summed E-state index contributed by atoms with van der Waals surface area (Å²) in [6, 6.07) is 28.0. The molecule has 0 unspecified atom stereocenters. The van der Waals surface area contributed by atoms with Crippen LogP contribution in [0.25, 0.3) is 0 Å². The van der Waals surface area contributed by atoms with Crippen LogP contribution in [0.2, 0.25) is 0 Å². The maximum atomic E-state index is 9.84. The number of benzene rings is 3. The molecular formula is C30H40OP+. The summed E-state index contributed by atoms with van der Waals surface area (Å²) in [6.07, 6.45) is 1.78. The van der Waals surface area contributed by atoms with E-state index in [1.807, 2.05) is 0 Å². The molecule has 2 heteroatoms. The third kappa shape index (κ3) is 5.16. The van der Waals surface area contributed by atoms with Gasteiger partial charge >= 0.3 is 0 Å². The Morgan fingerprint density at radius 1 is 0.531 bits per heavy atom. The maximum Gasteiger partial charge on any atom is 0.112 e.